The molecular weight excluding hydrogens is 459 g/mol. The number of nitrogens with zero attached hydrogens (tertiary/aromatic N) is 2. The molecule has 182 valence electrons. The second-order valence-electron chi connectivity index (χ2n) is 8.24. The van der Waals surface area contributed by atoms with Crippen LogP contribution < -0.4 is 10.6 Å². The highest BCUT2D eigenvalue weighted by Gasteiger charge is 2.31. The van der Waals surface area contributed by atoms with Gasteiger partial charge in [-0.15, -0.1) is 0 Å². The number of hydrogen-bond donors (Lipinski definition) is 4. The molecular formula is C24H23FN4O6. The zero-order valence-corrected chi connectivity index (χ0v) is 18.7. The van der Waals surface area contributed by atoms with Crippen molar-refractivity contribution in [3.8, 4) is 5.75 Å². The van der Waals surface area contributed by atoms with Crippen molar-refractivity contribution >= 4 is 28.7 Å². The Labute approximate surface area is 199 Å². The summed E-state index contributed by atoms with van der Waals surface area (Å²) in [5, 5.41) is 25.2. The van der Waals surface area contributed by atoms with Crippen molar-refractivity contribution in [3.05, 3.63) is 64.9 Å². The molecule has 4 N–H and O–H groups in total. The highest BCUT2D eigenvalue weighted by molar-refractivity contribution is 6.10. The lowest BCUT2D eigenvalue weighted by molar-refractivity contribution is -0.139. The minimum Gasteiger partial charge on any atom is -0.504 e. The summed E-state index contributed by atoms with van der Waals surface area (Å²) < 4.78 is 18.1. The average molecular weight is 482 g/mol. The van der Waals surface area contributed by atoms with E-state index in [1.807, 2.05) is 0 Å². The van der Waals surface area contributed by atoms with E-state index in [0.29, 0.717) is 12.0 Å². The Hall–Kier alpha value is -4.12. The summed E-state index contributed by atoms with van der Waals surface area (Å²) in [5.74, 6) is -3.04. The van der Waals surface area contributed by atoms with Crippen LogP contribution >= 0.6 is 0 Å². The first kappa shape index (κ1) is 24.0. The summed E-state index contributed by atoms with van der Waals surface area (Å²) in [4.78, 5) is 46.0. The van der Waals surface area contributed by atoms with Crippen molar-refractivity contribution in [2.75, 3.05) is 13.2 Å². The molecule has 0 radical (unpaired) electrons. The molecule has 10 nitrogen and oxygen atoms in total. The number of esters is 1. The molecule has 0 aliphatic carbocycles. The van der Waals surface area contributed by atoms with Crippen LogP contribution in [0.3, 0.4) is 0 Å². The van der Waals surface area contributed by atoms with Crippen LogP contribution in [0, 0.1) is 5.82 Å². The number of aliphatic hydroxyl groups excluding tert-OH is 1. The molecule has 2 unspecified atom stereocenters. The molecule has 0 spiro atoms. The molecule has 1 fully saturated rings. The van der Waals surface area contributed by atoms with E-state index in [0.717, 1.165) is 5.56 Å². The maximum atomic E-state index is 13.2. The molecule has 1 aliphatic rings. The lowest BCUT2D eigenvalue weighted by Crippen LogP contribution is -2.39. The van der Waals surface area contributed by atoms with E-state index in [1.54, 1.807) is 25.1 Å². The monoisotopic (exact) mass is 482 g/mol. The van der Waals surface area contributed by atoms with Gasteiger partial charge in [-0.25, -0.2) is 14.2 Å². The first-order valence-corrected chi connectivity index (χ1v) is 10.9. The van der Waals surface area contributed by atoms with Crippen molar-refractivity contribution in [2.45, 2.75) is 31.8 Å². The summed E-state index contributed by atoms with van der Waals surface area (Å²) in [6.07, 6.45) is 2.12. The van der Waals surface area contributed by atoms with Crippen molar-refractivity contribution in [2.24, 2.45) is 0 Å². The van der Waals surface area contributed by atoms with Gasteiger partial charge in [0.2, 0.25) is 0 Å². The fraction of sp³-hybridized carbons (Fsp3) is 0.292. The third-order valence-electron chi connectivity index (χ3n) is 5.52. The first-order chi connectivity index (χ1) is 16.8. The Kier molecular flexibility index (Phi) is 6.87. The summed E-state index contributed by atoms with van der Waals surface area (Å²) in [6, 6.07) is 5.99. The zero-order valence-electron chi connectivity index (χ0n) is 18.7. The Morgan fingerprint density at radius 3 is 2.60 bits per heavy atom. The summed E-state index contributed by atoms with van der Waals surface area (Å²) in [7, 11) is 0. The number of rotatable bonds is 7. The number of aromatic hydroxyl groups is 1. The number of aromatic nitrogens is 2. The van der Waals surface area contributed by atoms with E-state index < -0.39 is 41.3 Å². The van der Waals surface area contributed by atoms with E-state index in [4.69, 9.17) is 4.74 Å². The molecule has 2 aromatic heterocycles. The molecule has 0 bridgehead atoms. The van der Waals surface area contributed by atoms with Crippen LogP contribution in [0.25, 0.3) is 10.9 Å². The number of amides is 2. The molecule has 1 aromatic carbocycles. The largest absolute Gasteiger partial charge is 0.504 e. The maximum absolute atomic E-state index is 13.2. The predicted octanol–water partition coefficient (Wildman–Crippen LogP) is 1.22. The van der Waals surface area contributed by atoms with Gasteiger partial charge in [-0.3, -0.25) is 14.6 Å². The highest BCUT2D eigenvalue weighted by atomic mass is 19.1. The van der Waals surface area contributed by atoms with E-state index in [9.17, 15) is 29.0 Å². The van der Waals surface area contributed by atoms with E-state index in [1.165, 1.54) is 18.3 Å². The number of nitrogens with one attached hydrogen (secondary N) is 2. The van der Waals surface area contributed by atoms with Crippen LogP contribution in [0.4, 0.5) is 4.39 Å². The van der Waals surface area contributed by atoms with Gasteiger partial charge >= 0.3 is 5.97 Å². The van der Waals surface area contributed by atoms with Gasteiger partial charge in [0.15, 0.2) is 11.4 Å². The van der Waals surface area contributed by atoms with Crippen molar-refractivity contribution in [1.29, 1.82) is 0 Å². The molecule has 35 heavy (non-hydrogen) atoms. The van der Waals surface area contributed by atoms with Gasteiger partial charge in [0.1, 0.15) is 23.1 Å². The predicted molar refractivity (Wildman–Crippen MR) is 121 cm³/mol. The van der Waals surface area contributed by atoms with E-state index in [-0.39, 0.29) is 42.0 Å². The fourth-order valence-electron chi connectivity index (χ4n) is 3.67. The number of carbonyl (C=O) groups is 3. The quantitative estimate of drug-likeness (QED) is 0.367. The zero-order chi connectivity index (χ0) is 25.1. The normalized spacial score (nSPS) is 16.1. The Bertz CT molecular complexity index is 1300. The van der Waals surface area contributed by atoms with Gasteiger partial charge in [-0.2, -0.15) is 0 Å². The average Bonchev–Trinajstić information content (AvgIpc) is 3.24. The smallest absolute Gasteiger partial charge is 0.328 e. The highest BCUT2D eigenvalue weighted by Crippen LogP contribution is 2.29. The van der Waals surface area contributed by atoms with Crippen molar-refractivity contribution < 1.29 is 33.7 Å². The van der Waals surface area contributed by atoms with Gasteiger partial charge in [-0.05, 0) is 42.7 Å². The molecule has 1 saturated heterocycles. The van der Waals surface area contributed by atoms with Gasteiger partial charge in [-0.1, -0.05) is 12.1 Å². The number of cyclic esters (lactones) is 1. The standard InChI is InChI=1S/C24H23FN4O6/c1-12(11-30)27-23(33)20-21(31)18-16(19(29-20)22(32)28-17-6-7-35-24(17)34)9-14(10-26-18)8-13-2-4-15(25)5-3-13/h2-5,9-10,12,17,30-31H,6-8,11H2,1H3,(H,27,33)(H,28,32). The topological polar surface area (TPSA) is 151 Å². The summed E-state index contributed by atoms with van der Waals surface area (Å²) in [5.41, 5.74) is 0.733. The SMILES string of the molecule is CC(CO)NC(=O)c1nc(C(=O)NC2CCOC2=O)c2cc(Cc3ccc(F)cc3)cnc2c1O. The number of aliphatic hydroxyl groups is 1. The van der Waals surface area contributed by atoms with Crippen LogP contribution in [0.5, 0.6) is 5.75 Å². The number of fused-ring (bicyclic) bond motifs is 1. The molecule has 0 saturated carbocycles. The molecule has 3 heterocycles. The van der Waals surface area contributed by atoms with Crippen LogP contribution in [-0.4, -0.2) is 63.3 Å². The Balaban J connectivity index is 1.77. The van der Waals surface area contributed by atoms with E-state index in [2.05, 4.69) is 20.6 Å². The third kappa shape index (κ3) is 5.19. The minimum absolute atomic E-state index is 0.0381. The summed E-state index contributed by atoms with van der Waals surface area (Å²) >= 11 is 0. The molecule has 3 aromatic rings. The minimum atomic E-state index is -0.866. The number of halogens is 1. The molecule has 2 amide bonds. The van der Waals surface area contributed by atoms with Gasteiger partial charge in [0.05, 0.1) is 13.2 Å². The van der Waals surface area contributed by atoms with E-state index >= 15 is 0 Å². The third-order valence-corrected chi connectivity index (χ3v) is 5.52. The lowest BCUT2D eigenvalue weighted by Gasteiger charge is -2.15. The van der Waals surface area contributed by atoms with Crippen LogP contribution in [0.2, 0.25) is 0 Å². The van der Waals surface area contributed by atoms with Crippen molar-refractivity contribution in [3.63, 3.8) is 0 Å². The number of ether oxygens (including phenoxy) is 1. The van der Waals surface area contributed by atoms with Crippen LogP contribution in [0.1, 0.15) is 45.4 Å². The van der Waals surface area contributed by atoms with Gasteiger partial charge in [0, 0.05) is 24.0 Å². The Morgan fingerprint density at radius 1 is 1.20 bits per heavy atom. The van der Waals surface area contributed by atoms with Gasteiger partial charge < -0.3 is 25.6 Å². The lowest BCUT2D eigenvalue weighted by atomic mass is 10.0. The number of pyridine rings is 2. The van der Waals surface area contributed by atoms with Crippen LogP contribution in [0.15, 0.2) is 36.5 Å². The van der Waals surface area contributed by atoms with Crippen LogP contribution in [-0.2, 0) is 16.0 Å². The Morgan fingerprint density at radius 2 is 1.94 bits per heavy atom. The second kappa shape index (κ2) is 10.0. The number of benzene rings is 1. The fourth-order valence-corrected chi connectivity index (χ4v) is 3.67. The number of hydrogen-bond acceptors (Lipinski definition) is 8. The molecule has 2 atom stereocenters. The molecule has 4 rings (SSSR count). The molecule has 11 heteroatoms. The molecule has 1 aliphatic heterocycles. The maximum Gasteiger partial charge on any atom is 0.328 e. The number of carbonyl (C=O) groups excluding carboxylic acids is 3. The first-order valence-electron chi connectivity index (χ1n) is 10.9. The summed E-state index contributed by atoms with van der Waals surface area (Å²) in [6.45, 7) is 1.38. The van der Waals surface area contributed by atoms with Crippen molar-refractivity contribution in [1.82, 2.24) is 20.6 Å². The second-order valence-corrected chi connectivity index (χ2v) is 8.24. The van der Waals surface area contributed by atoms with Gasteiger partial charge in [0.25, 0.3) is 11.8 Å².